The van der Waals surface area contributed by atoms with Gasteiger partial charge in [-0.25, -0.2) is 4.79 Å². The van der Waals surface area contributed by atoms with Crippen LogP contribution in [-0.2, 0) is 19.0 Å². The van der Waals surface area contributed by atoms with Crippen LogP contribution in [0.15, 0.2) is 43.0 Å². The van der Waals surface area contributed by atoms with Crippen molar-refractivity contribution in [2.45, 2.75) is 89.7 Å². The van der Waals surface area contributed by atoms with Crippen molar-refractivity contribution >= 4 is 12.1 Å². The van der Waals surface area contributed by atoms with Crippen molar-refractivity contribution < 1.29 is 23.8 Å². The van der Waals surface area contributed by atoms with E-state index in [1.165, 1.54) is 24.8 Å². The maximum absolute atomic E-state index is 13.4. The molecule has 1 aliphatic heterocycles. The Bertz CT molecular complexity index is 1050. The lowest BCUT2D eigenvalue weighted by atomic mass is 9.78. The van der Waals surface area contributed by atoms with Crippen LogP contribution in [0.2, 0.25) is 0 Å². The molecule has 4 fully saturated rings. The minimum Gasteiger partial charge on any atom is -0.460 e. The number of hydrogen-bond acceptors (Lipinski definition) is 6. The van der Waals surface area contributed by atoms with E-state index in [0.717, 1.165) is 58.3 Å². The van der Waals surface area contributed by atoms with Crippen molar-refractivity contribution in [3.63, 3.8) is 0 Å². The maximum Gasteiger partial charge on any atom is 0.410 e. The lowest BCUT2D eigenvalue weighted by Crippen LogP contribution is -2.52. The van der Waals surface area contributed by atoms with E-state index in [1.807, 2.05) is 31.7 Å². The standard InChI is InChI=1S/C34H50N2O5/c1-5-20-40-31(38)36(29-21-28(29)27-12-7-6-8-13-27)23-33(25-39-22-26-10-9-11-26)16-18-35(19-17-33)24-34(14-15-34)30(37)41-32(2,3)4/h5-8,12-13,26,28-29H,1,9-11,14-25H2,2-4H3/t28-,29+/m0/s1. The van der Waals surface area contributed by atoms with E-state index in [1.54, 1.807) is 6.08 Å². The van der Waals surface area contributed by atoms with Crippen LogP contribution in [0.5, 0.6) is 0 Å². The summed E-state index contributed by atoms with van der Waals surface area (Å²) in [5.41, 5.74) is 0.317. The summed E-state index contributed by atoms with van der Waals surface area (Å²) < 4.78 is 17.8. The second-order valence-electron chi connectivity index (χ2n) is 14.2. The highest BCUT2D eigenvalue weighted by Crippen LogP contribution is 2.50. The van der Waals surface area contributed by atoms with Gasteiger partial charge in [-0.15, -0.1) is 0 Å². The predicted octanol–water partition coefficient (Wildman–Crippen LogP) is 6.19. The van der Waals surface area contributed by atoms with Gasteiger partial charge < -0.3 is 24.0 Å². The monoisotopic (exact) mass is 566 g/mol. The van der Waals surface area contributed by atoms with E-state index in [9.17, 15) is 9.59 Å². The molecule has 3 aliphatic carbocycles. The molecule has 5 rings (SSSR count). The lowest BCUT2D eigenvalue weighted by molar-refractivity contribution is -0.163. The molecule has 0 unspecified atom stereocenters. The Morgan fingerprint density at radius 3 is 2.39 bits per heavy atom. The van der Waals surface area contributed by atoms with E-state index in [0.29, 0.717) is 25.0 Å². The van der Waals surface area contributed by atoms with Gasteiger partial charge in [-0.2, -0.15) is 0 Å². The summed E-state index contributed by atoms with van der Waals surface area (Å²) in [4.78, 5) is 30.8. The second kappa shape index (κ2) is 12.5. The normalized spacial score (nSPS) is 25.0. The molecule has 0 N–H and O–H groups in total. The number of benzene rings is 1. The molecule has 0 aromatic heterocycles. The number of hydrogen-bond donors (Lipinski definition) is 0. The zero-order valence-corrected chi connectivity index (χ0v) is 25.4. The van der Waals surface area contributed by atoms with Crippen LogP contribution in [0.3, 0.4) is 0 Å². The molecule has 0 radical (unpaired) electrons. The number of carbonyl (C=O) groups is 2. The molecule has 1 saturated heterocycles. The average Bonchev–Trinajstić information content (AvgIpc) is 3.84. The van der Waals surface area contributed by atoms with Crippen LogP contribution in [0.25, 0.3) is 0 Å². The van der Waals surface area contributed by atoms with E-state index >= 15 is 0 Å². The molecule has 1 heterocycles. The Morgan fingerprint density at radius 1 is 1.10 bits per heavy atom. The van der Waals surface area contributed by atoms with E-state index < -0.39 is 5.60 Å². The minimum atomic E-state index is -0.467. The molecule has 1 amide bonds. The minimum absolute atomic E-state index is 0.0532. The molecule has 1 aromatic carbocycles. The molecular formula is C34H50N2O5. The fraction of sp³-hybridized carbons (Fsp3) is 0.706. The first-order valence-corrected chi connectivity index (χ1v) is 15.7. The van der Waals surface area contributed by atoms with E-state index in [4.69, 9.17) is 14.2 Å². The molecule has 226 valence electrons. The number of carbonyl (C=O) groups excluding carboxylic acids is 2. The highest BCUT2D eigenvalue weighted by atomic mass is 16.6. The molecule has 41 heavy (non-hydrogen) atoms. The van der Waals surface area contributed by atoms with Crippen LogP contribution in [0.4, 0.5) is 4.79 Å². The van der Waals surface area contributed by atoms with Gasteiger partial charge in [0.15, 0.2) is 0 Å². The molecule has 1 aromatic rings. The third-order valence-electron chi connectivity index (χ3n) is 9.56. The lowest BCUT2D eigenvalue weighted by Gasteiger charge is -2.45. The first-order valence-electron chi connectivity index (χ1n) is 15.7. The van der Waals surface area contributed by atoms with Crippen LogP contribution in [0, 0.1) is 16.7 Å². The number of piperidine rings is 1. The fourth-order valence-electron chi connectivity index (χ4n) is 6.50. The first-order chi connectivity index (χ1) is 19.6. The SMILES string of the molecule is C=CCOC(=O)N(CC1(COCC2CCC2)CCN(CC2(C(=O)OC(C)(C)C)CC2)CC1)[C@@H]1C[C@H]1c1ccccc1. The van der Waals surface area contributed by atoms with Gasteiger partial charge in [0.1, 0.15) is 12.2 Å². The van der Waals surface area contributed by atoms with Crippen LogP contribution >= 0.6 is 0 Å². The van der Waals surface area contributed by atoms with Crippen LogP contribution in [0.1, 0.15) is 83.6 Å². The van der Waals surface area contributed by atoms with Gasteiger partial charge in [-0.3, -0.25) is 4.79 Å². The molecule has 0 bridgehead atoms. The first kappa shape index (κ1) is 30.1. The quantitative estimate of drug-likeness (QED) is 0.210. The van der Waals surface area contributed by atoms with Crippen LogP contribution < -0.4 is 0 Å². The Kier molecular flexibility index (Phi) is 9.15. The average molecular weight is 567 g/mol. The van der Waals surface area contributed by atoms with Crippen molar-refractivity contribution in [2.24, 2.45) is 16.7 Å². The number of amides is 1. The second-order valence-corrected chi connectivity index (χ2v) is 14.2. The van der Waals surface area contributed by atoms with Crippen molar-refractivity contribution in [2.75, 3.05) is 46.0 Å². The summed E-state index contributed by atoms with van der Waals surface area (Å²) in [6.45, 7) is 14.4. The third kappa shape index (κ3) is 7.72. The molecular weight excluding hydrogens is 516 g/mol. The molecule has 3 saturated carbocycles. The third-order valence-corrected chi connectivity index (χ3v) is 9.56. The molecule has 7 heteroatoms. The van der Waals surface area contributed by atoms with E-state index in [-0.39, 0.29) is 35.5 Å². The highest BCUT2D eigenvalue weighted by Gasteiger charge is 2.54. The molecule has 0 spiro atoms. The van der Waals surface area contributed by atoms with Gasteiger partial charge in [-0.1, -0.05) is 49.4 Å². The zero-order valence-electron chi connectivity index (χ0n) is 25.4. The summed E-state index contributed by atoms with van der Waals surface area (Å²) in [5.74, 6) is 0.960. The van der Waals surface area contributed by atoms with Gasteiger partial charge in [0.25, 0.3) is 0 Å². The molecule has 2 atom stereocenters. The smallest absolute Gasteiger partial charge is 0.410 e. The van der Waals surface area contributed by atoms with Crippen molar-refractivity contribution in [1.82, 2.24) is 9.80 Å². The van der Waals surface area contributed by atoms with Gasteiger partial charge in [0.05, 0.1) is 12.0 Å². The number of rotatable bonds is 13. The topological polar surface area (TPSA) is 68.3 Å². The highest BCUT2D eigenvalue weighted by molar-refractivity contribution is 5.80. The van der Waals surface area contributed by atoms with Crippen molar-refractivity contribution in [3.05, 3.63) is 48.6 Å². The summed E-state index contributed by atoms with van der Waals surface area (Å²) in [6.07, 6.45) is 9.81. The Labute approximate surface area is 246 Å². The van der Waals surface area contributed by atoms with E-state index in [2.05, 4.69) is 35.7 Å². The number of likely N-dealkylation sites (tertiary alicyclic amines) is 1. The Balaban J connectivity index is 1.26. The van der Waals surface area contributed by atoms with Crippen molar-refractivity contribution in [1.29, 1.82) is 0 Å². The maximum atomic E-state index is 13.4. The number of esters is 1. The summed E-state index contributed by atoms with van der Waals surface area (Å²) in [5, 5.41) is 0. The van der Waals surface area contributed by atoms with Gasteiger partial charge in [-0.05, 0) is 90.3 Å². The zero-order chi connectivity index (χ0) is 29.1. The van der Waals surface area contributed by atoms with Gasteiger partial charge in [0.2, 0.25) is 0 Å². The summed E-state index contributed by atoms with van der Waals surface area (Å²) >= 11 is 0. The predicted molar refractivity (Wildman–Crippen MR) is 160 cm³/mol. The fourth-order valence-corrected chi connectivity index (χ4v) is 6.50. The summed E-state index contributed by atoms with van der Waals surface area (Å²) in [7, 11) is 0. The largest absolute Gasteiger partial charge is 0.460 e. The van der Waals surface area contributed by atoms with Gasteiger partial charge in [0, 0.05) is 37.1 Å². The molecule has 7 nitrogen and oxygen atoms in total. The Hall–Kier alpha value is -2.38. The molecule has 4 aliphatic rings. The Morgan fingerprint density at radius 2 is 1.80 bits per heavy atom. The summed E-state index contributed by atoms with van der Waals surface area (Å²) in [6, 6.07) is 10.6. The van der Waals surface area contributed by atoms with Crippen molar-refractivity contribution in [3.8, 4) is 0 Å². The number of ether oxygens (including phenoxy) is 3. The van der Waals surface area contributed by atoms with Gasteiger partial charge >= 0.3 is 12.1 Å². The van der Waals surface area contributed by atoms with Crippen LogP contribution in [-0.4, -0.2) is 79.5 Å². The number of nitrogens with zero attached hydrogens (tertiary/aromatic N) is 2.